The highest BCUT2D eigenvalue weighted by Gasteiger charge is 1.94. The van der Waals surface area contributed by atoms with Crippen LogP contribution in [-0.2, 0) is 0 Å². The smallest absolute Gasteiger partial charge is 0.0855 e. The van der Waals surface area contributed by atoms with Crippen LogP contribution in [0.4, 0.5) is 0 Å². The Morgan fingerprint density at radius 3 is 2.33 bits per heavy atom. The van der Waals surface area contributed by atoms with Crippen molar-refractivity contribution in [2.45, 2.75) is 20.3 Å². The summed E-state index contributed by atoms with van der Waals surface area (Å²) in [7, 11) is 0. The molecule has 3 heteroatoms. The zero-order valence-corrected chi connectivity index (χ0v) is 8.10. The van der Waals surface area contributed by atoms with Crippen LogP contribution in [0.15, 0.2) is 11.6 Å². The van der Waals surface area contributed by atoms with E-state index in [1.165, 1.54) is 5.57 Å². The summed E-state index contributed by atoms with van der Waals surface area (Å²) >= 11 is 11.1. The molecule has 0 aliphatic rings. The summed E-state index contributed by atoms with van der Waals surface area (Å²) in [5.41, 5.74) is 1.33. The van der Waals surface area contributed by atoms with Crippen molar-refractivity contribution in [3.8, 4) is 0 Å². The van der Waals surface area contributed by atoms with Crippen molar-refractivity contribution in [2.75, 3.05) is 6.16 Å². The fourth-order valence-corrected chi connectivity index (χ4v) is 1.36. The van der Waals surface area contributed by atoms with E-state index in [1.54, 1.807) is 0 Å². The van der Waals surface area contributed by atoms with Crippen LogP contribution in [0.25, 0.3) is 0 Å². The summed E-state index contributed by atoms with van der Waals surface area (Å²) in [4.78, 5) is 0. The minimum atomic E-state index is -0.731. The second kappa shape index (κ2) is 5.53. The van der Waals surface area contributed by atoms with Gasteiger partial charge in [0.1, 0.15) is 0 Å². The first kappa shape index (κ1) is 9.75. The van der Waals surface area contributed by atoms with Crippen molar-refractivity contribution in [3.63, 3.8) is 0 Å². The molecule has 0 radical (unpaired) electrons. The van der Waals surface area contributed by atoms with E-state index in [4.69, 9.17) is 22.5 Å². The highest BCUT2D eigenvalue weighted by atomic mass is 35.9. The van der Waals surface area contributed by atoms with Crippen LogP contribution in [0.5, 0.6) is 0 Å². The van der Waals surface area contributed by atoms with Gasteiger partial charge in [0.25, 0.3) is 0 Å². The third-order valence-electron chi connectivity index (χ3n) is 0.851. The summed E-state index contributed by atoms with van der Waals surface area (Å²) in [6, 6.07) is 0. The van der Waals surface area contributed by atoms with Gasteiger partial charge in [0, 0.05) is 0 Å². The van der Waals surface area contributed by atoms with Crippen LogP contribution in [-0.4, -0.2) is 6.16 Å². The van der Waals surface area contributed by atoms with Crippen molar-refractivity contribution < 1.29 is 0 Å². The summed E-state index contributed by atoms with van der Waals surface area (Å²) in [5.74, 6) is 0. The maximum Gasteiger partial charge on any atom is 0.0857 e. The largest absolute Gasteiger partial charge is 0.0857 e. The molecule has 0 spiro atoms. The minimum absolute atomic E-state index is 0.731. The van der Waals surface area contributed by atoms with Gasteiger partial charge in [0.05, 0.1) is 6.63 Å². The highest BCUT2D eigenvalue weighted by Crippen LogP contribution is 2.46. The van der Waals surface area contributed by atoms with Gasteiger partial charge in [-0.2, -0.15) is 0 Å². The second-order valence-electron chi connectivity index (χ2n) is 2.10. The van der Waals surface area contributed by atoms with Gasteiger partial charge in [0.15, 0.2) is 0 Å². The molecule has 0 heterocycles. The van der Waals surface area contributed by atoms with Gasteiger partial charge >= 0.3 is 0 Å². The Labute approximate surface area is 67.6 Å². The van der Waals surface area contributed by atoms with E-state index in [9.17, 15) is 0 Å². The average molecular weight is 185 g/mol. The lowest BCUT2D eigenvalue weighted by Crippen LogP contribution is -1.72. The molecule has 0 aromatic rings. The van der Waals surface area contributed by atoms with Gasteiger partial charge in [-0.05, 0) is 26.4 Å². The zero-order valence-electron chi connectivity index (χ0n) is 5.69. The quantitative estimate of drug-likeness (QED) is 0.458. The average Bonchev–Trinajstić information content (AvgIpc) is 1.63. The molecule has 9 heavy (non-hydrogen) atoms. The molecule has 0 atom stereocenters. The van der Waals surface area contributed by atoms with E-state index in [0.717, 1.165) is 12.6 Å². The topological polar surface area (TPSA) is 0 Å². The van der Waals surface area contributed by atoms with Crippen molar-refractivity contribution in [1.82, 2.24) is 0 Å². The normalized spacial score (nSPS) is 9.89. The number of halogens is 2. The van der Waals surface area contributed by atoms with Gasteiger partial charge in [-0.3, -0.25) is 0 Å². The summed E-state index contributed by atoms with van der Waals surface area (Å²) < 4.78 is 0. The molecule has 0 aliphatic carbocycles. The maximum absolute atomic E-state index is 5.56. The molecule has 0 aliphatic heterocycles. The number of rotatable bonds is 3. The molecule has 0 fully saturated rings. The lowest BCUT2D eigenvalue weighted by molar-refractivity contribution is 1.19. The Kier molecular flexibility index (Phi) is 5.99. The molecular weight excluding hydrogens is 174 g/mol. The fourth-order valence-electron chi connectivity index (χ4n) is 0.451. The van der Waals surface area contributed by atoms with Crippen molar-refractivity contribution in [1.29, 1.82) is 0 Å². The van der Waals surface area contributed by atoms with Crippen molar-refractivity contribution in [3.05, 3.63) is 11.6 Å². The zero-order chi connectivity index (χ0) is 7.28. The van der Waals surface area contributed by atoms with E-state index in [-0.39, 0.29) is 0 Å². The Bertz CT molecular complexity index is 95.2. The third kappa shape index (κ3) is 8.75. The lowest BCUT2D eigenvalue weighted by Gasteiger charge is -1.94. The molecular formula is C6H11Cl2P. The highest BCUT2D eigenvalue weighted by molar-refractivity contribution is 8.03. The molecule has 0 bridgehead atoms. The molecule has 0 amide bonds. The monoisotopic (exact) mass is 184 g/mol. The number of allylic oxidation sites excluding steroid dienone is 2. The van der Waals surface area contributed by atoms with E-state index in [0.29, 0.717) is 0 Å². The van der Waals surface area contributed by atoms with Crippen LogP contribution < -0.4 is 0 Å². The van der Waals surface area contributed by atoms with Crippen LogP contribution in [0.1, 0.15) is 20.3 Å². The van der Waals surface area contributed by atoms with Crippen LogP contribution in [0, 0.1) is 0 Å². The minimum Gasteiger partial charge on any atom is -0.0855 e. The van der Waals surface area contributed by atoms with Gasteiger partial charge in [-0.25, -0.2) is 0 Å². The van der Waals surface area contributed by atoms with E-state index in [1.807, 2.05) is 0 Å². The molecule has 0 nitrogen and oxygen atoms in total. The first-order valence-corrected chi connectivity index (χ1v) is 6.19. The molecule has 0 rings (SSSR count). The predicted octanol–water partition coefficient (Wildman–Crippen LogP) is 4.13. The summed E-state index contributed by atoms with van der Waals surface area (Å²) in [5, 5.41) is 0. The number of hydrogen-bond acceptors (Lipinski definition) is 0. The SMILES string of the molecule is CC(C)=CCCP(Cl)Cl. The van der Waals surface area contributed by atoms with E-state index < -0.39 is 6.63 Å². The molecule has 0 unspecified atom stereocenters. The van der Waals surface area contributed by atoms with Gasteiger partial charge in [-0.1, -0.05) is 34.1 Å². The number of hydrogen-bond donors (Lipinski definition) is 0. The van der Waals surface area contributed by atoms with Crippen molar-refractivity contribution >= 4 is 29.1 Å². The Morgan fingerprint density at radius 2 is 2.00 bits per heavy atom. The molecule has 0 saturated carbocycles. The summed E-state index contributed by atoms with van der Waals surface area (Å²) in [6.45, 7) is 3.42. The molecule has 0 N–H and O–H groups in total. The lowest BCUT2D eigenvalue weighted by atomic mass is 10.3. The fraction of sp³-hybridized carbons (Fsp3) is 0.667. The first-order chi connectivity index (χ1) is 4.13. The van der Waals surface area contributed by atoms with Crippen LogP contribution in [0.2, 0.25) is 0 Å². The van der Waals surface area contributed by atoms with Crippen LogP contribution in [0.3, 0.4) is 0 Å². The van der Waals surface area contributed by atoms with Gasteiger partial charge in [-0.15, -0.1) is 0 Å². The van der Waals surface area contributed by atoms with Crippen molar-refractivity contribution in [2.24, 2.45) is 0 Å². The first-order valence-electron chi connectivity index (χ1n) is 2.85. The van der Waals surface area contributed by atoms with Gasteiger partial charge in [0.2, 0.25) is 0 Å². The predicted molar refractivity (Wildman–Crippen MR) is 47.5 cm³/mol. The molecule has 0 saturated heterocycles. The maximum atomic E-state index is 5.56. The Balaban J connectivity index is 3.20. The van der Waals surface area contributed by atoms with Gasteiger partial charge < -0.3 is 0 Å². The second-order valence-corrected chi connectivity index (χ2v) is 6.12. The Morgan fingerprint density at radius 1 is 1.44 bits per heavy atom. The molecule has 54 valence electrons. The summed E-state index contributed by atoms with van der Waals surface area (Å²) in [6.07, 6.45) is 4.09. The third-order valence-corrected chi connectivity index (χ3v) is 2.46. The van der Waals surface area contributed by atoms with E-state index >= 15 is 0 Å². The Hall–Kier alpha value is 0.750. The standard InChI is InChI=1S/C6H11Cl2P/c1-6(2)4-3-5-9(7)8/h4H,3,5H2,1-2H3. The molecule has 0 aromatic heterocycles. The van der Waals surface area contributed by atoms with Crippen LogP contribution >= 0.6 is 29.1 Å². The molecule has 0 aromatic carbocycles. The van der Waals surface area contributed by atoms with E-state index in [2.05, 4.69) is 19.9 Å².